The summed E-state index contributed by atoms with van der Waals surface area (Å²) in [5.41, 5.74) is 0. The molecule has 5 nitrogen and oxygen atoms in total. The van der Waals surface area contributed by atoms with E-state index in [0.717, 1.165) is 0 Å². The summed E-state index contributed by atoms with van der Waals surface area (Å²) in [6.07, 6.45) is 5.06. The van der Waals surface area contributed by atoms with Crippen molar-refractivity contribution in [2.75, 3.05) is 0 Å². The maximum Gasteiger partial charge on any atom is 0.242 e. The van der Waals surface area contributed by atoms with Crippen LogP contribution >= 0.6 is 0 Å². The first-order valence-corrected chi connectivity index (χ1v) is 7.18. The van der Waals surface area contributed by atoms with Crippen LogP contribution in [0.1, 0.15) is 0 Å². The van der Waals surface area contributed by atoms with Crippen LogP contribution in [0.15, 0.2) is 50.6 Å². The molecule has 0 bridgehead atoms. The van der Waals surface area contributed by atoms with Gasteiger partial charge in [-0.15, -0.1) is 26.3 Å². The quantitative estimate of drug-likeness (QED) is 0.540. The molecule has 0 aromatic carbocycles. The van der Waals surface area contributed by atoms with E-state index in [4.69, 9.17) is 4.74 Å². The zero-order valence-electron chi connectivity index (χ0n) is 10.2. The standard InChI is InChI=1S/C12H14O5S2/c1-5-9(6-2)11(18(13)14)17-12(19(15)16)10(7-3)8-4/h5-10H,1-4H2. The number of hydrogen-bond donors (Lipinski definition) is 0. The zero-order valence-corrected chi connectivity index (χ0v) is 11.8. The van der Waals surface area contributed by atoms with Crippen LogP contribution in [0.5, 0.6) is 0 Å². The normalized spacial score (nSPS) is 9.79. The third-order valence-corrected chi connectivity index (χ3v) is 3.46. The van der Waals surface area contributed by atoms with E-state index in [1.165, 1.54) is 24.3 Å². The number of rotatable bonds is 6. The molecule has 0 aromatic heterocycles. The van der Waals surface area contributed by atoms with Gasteiger partial charge in [0, 0.05) is 0 Å². The van der Waals surface area contributed by atoms with Gasteiger partial charge >= 0.3 is 0 Å². The van der Waals surface area contributed by atoms with Gasteiger partial charge in [-0.05, 0) is 0 Å². The third kappa shape index (κ3) is 4.82. The van der Waals surface area contributed by atoms with Crippen molar-refractivity contribution < 1.29 is 21.6 Å². The summed E-state index contributed by atoms with van der Waals surface area (Å²) in [6, 6.07) is 0. The lowest BCUT2D eigenvalue weighted by Gasteiger charge is -2.12. The van der Waals surface area contributed by atoms with Gasteiger partial charge in [-0.25, -0.2) is 0 Å². The zero-order chi connectivity index (χ0) is 15.0. The molecule has 0 aromatic rings. The number of ether oxygens (including phenoxy) is 1. The summed E-state index contributed by atoms with van der Waals surface area (Å²) >= 11 is 0. The van der Waals surface area contributed by atoms with Crippen molar-refractivity contribution in [3.63, 3.8) is 0 Å². The smallest absolute Gasteiger partial charge is 0.242 e. The second kappa shape index (κ2) is 8.41. The first-order valence-electron chi connectivity index (χ1n) is 5.03. The summed E-state index contributed by atoms with van der Waals surface area (Å²) in [4.78, 5) is 0. The molecule has 0 saturated carbocycles. The maximum atomic E-state index is 11.1. The highest BCUT2D eigenvalue weighted by Crippen LogP contribution is 2.09. The molecule has 0 saturated heterocycles. The highest BCUT2D eigenvalue weighted by atomic mass is 32.2. The highest BCUT2D eigenvalue weighted by Gasteiger charge is 2.20. The minimum atomic E-state index is -2.75. The lowest BCUT2D eigenvalue weighted by Crippen LogP contribution is -2.24. The van der Waals surface area contributed by atoms with Crippen LogP contribution < -0.4 is 0 Å². The van der Waals surface area contributed by atoms with Gasteiger partial charge in [0.15, 0.2) is 10.1 Å². The Bertz CT molecular complexity index is 560. The largest absolute Gasteiger partial charge is 0.285 e. The van der Waals surface area contributed by atoms with Gasteiger partial charge in [0.25, 0.3) is 0 Å². The lowest BCUT2D eigenvalue weighted by atomic mass is 10.1. The Labute approximate surface area is 115 Å². The van der Waals surface area contributed by atoms with Crippen LogP contribution in [-0.2, 0) is 25.3 Å². The lowest BCUT2D eigenvalue weighted by molar-refractivity contribution is 0.514. The minimum absolute atomic E-state index is 0.502. The Hall–Kier alpha value is -1.70. The third-order valence-electron chi connectivity index (χ3n) is 2.09. The van der Waals surface area contributed by atoms with E-state index in [-0.39, 0.29) is 0 Å². The van der Waals surface area contributed by atoms with Crippen molar-refractivity contribution in [1.29, 1.82) is 0 Å². The van der Waals surface area contributed by atoms with Crippen molar-refractivity contribution >= 4 is 30.7 Å². The molecule has 7 heteroatoms. The molecule has 0 amide bonds. The topological polar surface area (TPSA) is 77.5 Å². The Morgan fingerprint density at radius 3 is 1.16 bits per heavy atom. The second-order valence-electron chi connectivity index (χ2n) is 3.20. The fourth-order valence-corrected chi connectivity index (χ4v) is 2.30. The molecule has 0 radical (unpaired) electrons. The van der Waals surface area contributed by atoms with E-state index >= 15 is 0 Å². The van der Waals surface area contributed by atoms with E-state index in [2.05, 4.69) is 26.3 Å². The first-order chi connectivity index (χ1) is 8.92. The molecule has 104 valence electrons. The van der Waals surface area contributed by atoms with Crippen molar-refractivity contribution in [1.82, 2.24) is 0 Å². The van der Waals surface area contributed by atoms with E-state index in [1.54, 1.807) is 0 Å². The maximum absolute atomic E-state index is 11.1. The predicted octanol–water partition coefficient (Wildman–Crippen LogP) is 0.997. The highest BCUT2D eigenvalue weighted by molar-refractivity contribution is 7.74. The minimum Gasteiger partial charge on any atom is -0.285 e. The van der Waals surface area contributed by atoms with Crippen LogP contribution in [-0.4, -0.2) is 26.9 Å². The van der Waals surface area contributed by atoms with E-state index in [1.807, 2.05) is 0 Å². The second-order valence-corrected chi connectivity index (χ2v) is 4.95. The molecule has 0 aliphatic carbocycles. The van der Waals surface area contributed by atoms with Crippen LogP contribution in [0.2, 0.25) is 0 Å². The van der Waals surface area contributed by atoms with E-state index in [9.17, 15) is 16.8 Å². The molecule has 0 rings (SSSR count). The number of hydrogen-bond acceptors (Lipinski definition) is 5. The van der Waals surface area contributed by atoms with E-state index < -0.39 is 42.5 Å². The molecule has 0 N–H and O–H groups in total. The Kier molecular flexibility index (Phi) is 7.66. The first kappa shape index (κ1) is 17.3. The molecule has 0 aliphatic heterocycles. The molecular formula is C12H14O5S2. The van der Waals surface area contributed by atoms with E-state index in [0.29, 0.717) is 0 Å². The van der Waals surface area contributed by atoms with Gasteiger partial charge in [0.2, 0.25) is 20.6 Å². The van der Waals surface area contributed by atoms with Crippen LogP contribution in [0, 0.1) is 11.8 Å². The fourth-order valence-electron chi connectivity index (χ4n) is 1.10. The Morgan fingerprint density at radius 1 is 0.737 bits per heavy atom. The van der Waals surface area contributed by atoms with Crippen LogP contribution in [0.4, 0.5) is 0 Å². The average Bonchev–Trinajstić information content (AvgIpc) is 2.37. The monoisotopic (exact) mass is 302 g/mol. The molecule has 19 heavy (non-hydrogen) atoms. The molecular weight excluding hydrogens is 288 g/mol. The summed E-state index contributed by atoms with van der Waals surface area (Å²) < 4.78 is 49.4. The average molecular weight is 302 g/mol. The van der Waals surface area contributed by atoms with Gasteiger partial charge in [-0.3, -0.25) is 4.74 Å². The molecule has 0 heterocycles. The van der Waals surface area contributed by atoms with Crippen molar-refractivity contribution in [2.45, 2.75) is 0 Å². The summed E-state index contributed by atoms with van der Waals surface area (Å²) in [5, 5.41) is -1.00. The van der Waals surface area contributed by atoms with Crippen LogP contribution in [0.3, 0.4) is 0 Å². The SMILES string of the molecule is C=CC(C=C)C(OC(C(C=C)C=C)=S(=O)=O)=S(=O)=O. The van der Waals surface area contributed by atoms with Gasteiger partial charge in [-0.2, -0.15) is 16.8 Å². The van der Waals surface area contributed by atoms with Gasteiger partial charge in [0.1, 0.15) is 0 Å². The van der Waals surface area contributed by atoms with Gasteiger partial charge in [-0.1, -0.05) is 24.3 Å². The summed E-state index contributed by atoms with van der Waals surface area (Å²) in [6.45, 7) is 13.7. The van der Waals surface area contributed by atoms with Crippen molar-refractivity contribution in [3.8, 4) is 0 Å². The molecule has 0 aliphatic rings. The Balaban J connectivity index is 5.85. The fraction of sp³-hybridized carbons (Fsp3) is 0.167. The summed E-state index contributed by atoms with van der Waals surface area (Å²) in [7, 11) is -5.50. The van der Waals surface area contributed by atoms with Gasteiger partial charge in [0.05, 0.1) is 11.8 Å². The summed E-state index contributed by atoms with van der Waals surface area (Å²) in [5.74, 6) is -1.65. The Morgan fingerprint density at radius 2 is 1.00 bits per heavy atom. The molecule has 0 fully saturated rings. The van der Waals surface area contributed by atoms with Crippen molar-refractivity contribution in [3.05, 3.63) is 50.6 Å². The molecule has 0 spiro atoms. The van der Waals surface area contributed by atoms with Gasteiger partial charge < -0.3 is 0 Å². The van der Waals surface area contributed by atoms with Crippen LogP contribution in [0.25, 0.3) is 0 Å². The molecule has 0 unspecified atom stereocenters. The molecule has 0 atom stereocenters. The predicted molar refractivity (Wildman–Crippen MR) is 76.7 cm³/mol. The van der Waals surface area contributed by atoms with Crippen molar-refractivity contribution in [2.24, 2.45) is 11.8 Å².